The minimum absolute atomic E-state index is 0.00443. The Morgan fingerprint density at radius 3 is 1.89 bits per heavy atom. The van der Waals surface area contributed by atoms with Crippen LogP contribution in [0.2, 0.25) is 16.7 Å². The summed E-state index contributed by atoms with van der Waals surface area (Å²) < 4.78 is 3.95. The van der Waals surface area contributed by atoms with Crippen LogP contribution in [0, 0.1) is 11.8 Å². The first kappa shape index (κ1) is 28.7. The van der Waals surface area contributed by atoms with Crippen molar-refractivity contribution in [1.82, 2.24) is 4.90 Å². The van der Waals surface area contributed by atoms with E-state index in [9.17, 15) is 9.59 Å². The third-order valence-electron chi connectivity index (χ3n) is 9.43. The molecule has 0 aromatic heterocycles. The van der Waals surface area contributed by atoms with Crippen molar-refractivity contribution in [1.29, 1.82) is 0 Å². The van der Waals surface area contributed by atoms with Gasteiger partial charge in [0.25, 0.3) is 0 Å². The Hall–Kier alpha value is -0.841. The molecule has 4 atom stereocenters. The molecule has 2 fully saturated rings. The van der Waals surface area contributed by atoms with E-state index in [4.69, 9.17) is 0 Å². The maximum absolute atomic E-state index is 14.6. The summed E-state index contributed by atoms with van der Waals surface area (Å²) in [6, 6.07) is 10.6. The first-order chi connectivity index (χ1) is 16.6. The molecule has 1 saturated heterocycles. The van der Waals surface area contributed by atoms with E-state index < -0.39 is 18.4 Å². The van der Waals surface area contributed by atoms with Crippen LogP contribution in [0.4, 0.5) is 0 Å². The van der Waals surface area contributed by atoms with E-state index in [1.54, 1.807) is 0 Å². The quantitative estimate of drug-likeness (QED) is 0.243. The van der Waals surface area contributed by atoms with Gasteiger partial charge in [0.2, 0.25) is 0 Å². The molecule has 2 aliphatic rings. The first-order valence-electron chi connectivity index (χ1n) is 14.5. The topological polar surface area (TPSA) is 37.4 Å². The van der Waals surface area contributed by atoms with Crippen molar-refractivity contribution in [2.75, 3.05) is 0 Å². The van der Waals surface area contributed by atoms with Gasteiger partial charge >= 0.3 is 220 Å². The summed E-state index contributed by atoms with van der Waals surface area (Å²) in [6.45, 7) is 15.9. The van der Waals surface area contributed by atoms with E-state index in [1.807, 2.05) is 0 Å². The molecule has 0 radical (unpaired) electrons. The third-order valence-corrected chi connectivity index (χ3v) is 29.0. The van der Waals surface area contributed by atoms with Crippen LogP contribution in [0.25, 0.3) is 0 Å². The van der Waals surface area contributed by atoms with E-state index in [1.165, 1.54) is 57.4 Å². The summed E-state index contributed by atoms with van der Waals surface area (Å²) in [4.78, 5) is 30.4. The number of rotatable bonds is 11. The maximum atomic E-state index is 14.6. The molecule has 0 spiro atoms. The number of fused-ring (bicyclic) bond motifs is 1. The van der Waals surface area contributed by atoms with E-state index >= 15 is 0 Å². The van der Waals surface area contributed by atoms with E-state index in [0.29, 0.717) is 24.5 Å². The Kier molecular flexibility index (Phi) is 9.60. The second-order valence-electron chi connectivity index (χ2n) is 12.8. The van der Waals surface area contributed by atoms with Crippen molar-refractivity contribution >= 4 is 30.1 Å². The first-order valence-corrected chi connectivity index (χ1v) is 21.9. The predicted molar refractivity (Wildman–Crippen MR) is 150 cm³/mol. The van der Waals surface area contributed by atoms with Gasteiger partial charge in [-0.3, -0.25) is 0 Å². The zero-order chi connectivity index (χ0) is 25.9. The minimum atomic E-state index is -2.95. The zero-order valence-corrected chi connectivity index (χ0v) is 26.5. The molecule has 1 amide bonds. The van der Waals surface area contributed by atoms with Crippen molar-refractivity contribution in [2.24, 2.45) is 11.8 Å². The Morgan fingerprint density at radius 1 is 0.914 bits per heavy atom. The molecule has 1 aromatic carbocycles. The number of benzene rings is 1. The number of hydrogen-bond acceptors (Lipinski definition) is 2. The third kappa shape index (κ3) is 5.55. The standard InChI is InChI=1S/C19H24NO2.3C4H9.Sn/c1-12-10-14(21)11-15-16(12)18(22)20(19(2,3)4)17(15)13-8-6-5-7-9-13;3*1-3-4-2;/h5-9,15-17H,10-11H2,1-4H3;3*1,3-4H2,2H3;/t15-,16+,17+;;;;/m0..../s1. The number of carbonyl (C=O) groups excluding carboxylic acids is 2. The number of likely N-dealkylation sites (tertiary alicyclic amines) is 1. The second kappa shape index (κ2) is 11.7. The van der Waals surface area contributed by atoms with Gasteiger partial charge in [0.15, 0.2) is 0 Å². The van der Waals surface area contributed by atoms with Gasteiger partial charge in [-0.05, 0) is 0 Å². The van der Waals surface area contributed by atoms with Gasteiger partial charge in [-0.2, -0.15) is 0 Å². The Bertz CT molecular complexity index is 839. The molecule has 4 heteroatoms. The molecule has 3 nitrogen and oxygen atoms in total. The molecule has 1 aliphatic carbocycles. The Morgan fingerprint density at radius 2 is 1.43 bits per heavy atom. The number of unbranched alkanes of at least 4 members (excludes halogenated alkanes) is 3. The number of carbonyl (C=O) groups is 2. The molecule has 196 valence electrons. The van der Waals surface area contributed by atoms with Crippen LogP contribution in [-0.2, 0) is 9.59 Å². The van der Waals surface area contributed by atoms with E-state index in [-0.39, 0.29) is 26.8 Å². The van der Waals surface area contributed by atoms with Gasteiger partial charge in [0.05, 0.1) is 0 Å². The molecule has 1 aromatic rings. The summed E-state index contributed by atoms with van der Waals surface area (Å²) in [5.74, 6) is 0.878. The summed E-state index contributed by atoms with van der Waals surface area (Å²) in [5.41, 5.74) is 0.935. The van der Waals surface area contributed by atoms with Crippen LogP contribution in [0.1, 0.15) is 111 Å². The molecule has 0 N–H and O–H groups in total. The molecule has 1 heterocycles. The van der Waals surface area contributed by atoms with Gasteiger partial charge in [-0.25, -0.2) is 0 Å². The molecule has 1 saturated carbocycles. The average Bonchev–Trinajstić information content (AvgIpc) is 3.12. The van der Waals surface area contributed by atoms with E-state index in [0.717, 1.165) is 0 Å². The van der Waals surface area contributed by atoms with E-state index in [2.05, 4.69) is 83.7 Å². The van der Waals surface area contributed by atoms with Crippen LogP contribution < -0.4 is 0 Å². The monoisotopic (exact) mass is 589 g/mol. The van der Waals surface area contributed by atoms with Crippen molar-refractivity contribution in [3.05, 3.63) is 35.9 Å². The molecule has 35 heavy (non-hydrogen) atoms. The van der Waals surface area contributed by atoms with Crippen LogP contribution >= 0.6 is 0 Å². The number of Topliss-reactive ketones (excluding diaryl/α,β-unsaturated/α-hetero) is 1. The van der Waals surface area contributed by atoms with Crippen LogP contribution in [0.3, 0.4) is 0 Å². The van der Waals surface area contributed by atoms with Crippen molar-refractivity contribution in [3.8, 4) is 0 Å². The van der Waals surface area contributed by atoms with Crippen LogP contribution in [0.15, 0.2) is 30.3 Å². The Balaban J connectivity index is 2.20. The van der Waals surface area contributed by atoms with Crippen molar-refractivity contribution < 1.29 is 9.59 Å². The summed E-state index contributed by atoms with van der Waals surface area (Å²) >= 11 is -2.95. The molecular formula is C31H51NO2Sn. The number of hydrogen-bond donors (Lipinski definition) is 0. The molecular weight excluding hydrogens is 537 g/mol. The fraction of sp³-hybridized carbons (Fsp3) is 0.742. The SMILES string of the molecule is CCC[CH2][Sn]([CH2]CCC)([CH2]CCC)[C@@]1(C)CC(=O)C[C@@H]2[C@@H](c3ccccc3)N(C(C)(C)C)C(=O)[C@@H]21. The van der Waals surface area contributed by atoms with Gasteiger partial charge in [-0.1, -0.05) is 0 Å². The predicted octanol–water partition coefficient (Wildman–Crippen LogP) is 8.57. The van der Waals surface area contributed by atoms with Gasteiger partial charge in [-0.15, -0.1) is 0 Å². The fourth-order valence-corrected chi connectivity index (χ4v) is 28.1. The molecule has 0 bridgehead atoms. The Labute approximate surface area is 219 Å². The second-order valence-corrected chi connectivity index (χ2v) is 27.7. The molecule has 3 rings (SSSR count). The van der Waals surface area contributed by atoms with Gasteiger partial charge in [0, 0.05) is 0 Å². The van der Waals surface area contributed by atoms with Gasteiger partial charge in [0.1, 0.15) is 0 Å². The molecule has 0 unspecified atom stereocenters. The van der Waals surface area contributed by atoms with Crippen molar-refractivity contribution in [3.63, 3.8) is 0 Å². The number of nitrogens with zero attached hydrogens (tertiary/aromatic N) is 1. The number of amides is 1. The van der Waals surface area contributed by atoms with Crippen molar-refractivity contribution in [2.45, 2.75) is 128 Å². The summed E-state index contributed by atoms with van der Waals surface area (Å²) in [5, 5.41) is 0. The fourth-order valence-electron chi connectivity index (χ4n) is 7.76. The van der Waals surface area contributed by atoms with Crippen LogP contribution in [0.5, 0.6) is 0 Å². The summed E-state index contributed by atoms with van der Waals surface area (Å²) in [6.07, 6.45) is 8.66. The van der Waals surface area contributed by atoms with Gasteiger partial charge < -0.3 is 0 Å². The summed E-state index contributed by atoms with van der Waals surface area (Å²) in [7, 11) is 0. The normalized spacial score (nSPS) is 27.4. The zero-order valence-electron chi connectivity index (χ0n) is 23.7. The molecule has 1 aliphatic heterocycles. The number of ketones is 1. The van der Waals surface area contributed by atoms with Crippen LogP contribution in [-0.4, -0.2) is 40.5 Å². The average molecular weight is 588 g/mol.